The Hall–Kier alpha value is -2.43. The second kappa shape index (κ2) is 9.90. The molecule has 3 rings (SSSR count). The number of guanidine groups is 1. The molecule has 0 aliphatic rings. The van der Waals surface area contributed by atoms with Crippen LogP contribution in [0, 0.1) is 0 Å². The van der Waals surface area contributed by atoms with Crippen LogP contribution in [0.2, 0.25) is 0 Å². The standard InChI is InChI=1S/C17H22N8.HI/c1-18-17(20-11-16-23-21-13-24(16)2)19-10-14-6-3-4-7-15(14)12-25-9-5-8-22-25;/h3-9,13H,10-12H2,1-2H3,(H2,18,19,20);1H. The van der Waals surface area contributed by atoms with Gasteiger partial charge in [0, 0.05) is 33.0 Å². The molecule has 9 heteroatoms. The SMILES string of the molecule is CN=C(NCc1ccccc1Cn1cccn1)NCc1nncn1C.I. The molecule has 0 atom stereocenters. The van der Waals surface area contributed by atoms with Crippen LogP contribution in [0.3, 0.4) is 0 Å². The molecule has 0 saturated carbocycles. The predicted octanol–water partition coefficient (Wildman–Crippen LogP) is 1.54. The van der Waals surface area contributed by atoms with E-state index in [1.165, 1.54) is 11.1 Å². The van der Waals surface area contributed by atoms with E-state index in [9.17, 15) is 0 Å². The summed E-state index contributed by atoms with van der Waals surface area (Å²) in [6.07, 6.45) is 5.43. The van der Waals surface area contributed by atoms with E-state index in [0.717, 1.165) is 18.3 Å². The number of aliphatic imine (C=N–C) groups is 1. The van der Waals surface area contributed by atoms with Gasteiger partial charge in [0.25, 0.3) is 0 Å². The second-order valence-electron chi connectivity index (χ2n) is 5.61. The Morgan fingerprint density at radius 3 is 2.54 bits per heavy atom. The van der Waals surface area contributed by atoms with Crippen LogP contribution >= 0.6 is 24.0 Å². The highest BCUT2D eigenvalue weighted by atomic mass is 127. The fourth-order valence-electron chi connectivity index (χ4n) is 2.48. The molecule has 26 heavy (non-hydrogen) atoms. The first kappa shape index (κ1) is 19.9. The smallest absolute Gasteiger partial charge is 0.191 e. The molecule has 2 N–H and O–H groups in total. The van der Waals surface area contributed by atoms with Crippen LogP contribution in [-0.2, 0) is 26.7 Å². The lowest BCUT2D eigenvalue weighted by atomic mass is 10.1. The van der Waals surface area contributed by atoms with E-state index in [1.807, 2.05) is 40.7 Å². The minimum absolute atomic E-state index is 0. The maximum Gasteiger partial charge on any atom is 0.191 e. The van der Waals surface area contributed by atoms with E-state index in [1.54, 1.807) is 19.6 Å². The maximum atomic E-state index is 4.28. The number of benzene rings is 1. The zero-order chi connectivity index (χ0) is 17.5. The van der Waals surface area contributed by atoms with Gasteiger partial charge >= 0.3 is 0 Å². The summed E-state index contributed by atoms with van der Waals surface area (Å²) in [5, 5.41) is 18.8. The van der Waals surface area contributed by atoms with Gasteiger partial charge in [-0.05, 0) is 17.2 Å². The zero-order valence-corrected chi connectivity index (χ0v) is 17.2. The molecule has 0 bridgehead atoms. The van der Waals surface area contributed by atoms with Crippen LogP contribution in [-0.4, -0.2) is 37.6 Å². The summed E-state index contributed by atoms with van der Waals surface area (Å²) >= 11 is 0. The van der Waals surface area contributed by atoms with Gasteiger partial charge in [0.1, 0.15) is 6.33 Å². The summed E-state index contributed by atoms with van der Waals surface area (Å²) in [6, 6.07) is 10.2. The lowest BCUT2D eigenvalue weighted by Crippen LogP contribution is -2.37. The Labute approximate surface area is 169 Å². The van der Waals surface area contributed by atoms with Gasteiger partial charge < -0.3 is 15.2 Å². The Morgan fingerprint density at radius 1 is 1.12 bits per heavy atom. The Kier molecular flexibility index (Phi) is 7.57. The molecule has 0 amide bonds. The highest BCUT2D eigenvalue weighted by Crippen LogP contribution is 2.10. The first-order chi connectivity index (χ1) is 12.3. The summed E-state index contributed by atoms with van der Waals surface area (Å²) in [5.74, 6) is 1.57. The summed E-state index contributed by atoms with van der Waals surface area (Å²) in [7, 11) is 3.67. The fourth-order valence-corrected chi connectivity index (χ4v) is 2.48. The van der Waals surface area contributed by atoms with Crippen molar-refractivity contribution in [2.45, 2.75) is 19.6 Å². The molecular weight excluding hydrogens is 443 g/mol. The molecule has 0 aliphatic heterocycles. The van der Waals surface area contributed by atoms with Gasteiger partial charge in [0.15, 0.2) is 11.8 Å². The van der Waals surface area contributed by atoms with Gasteiger partial charge in [-0.3, -0.25) is 9.67 Å². The molecular formula is C17H23IN8. The third-order valence-corrected chi connectivity index (χ3v) is 3.90. The first-order valence-corrected chi connectivity index (χ1v) is 8.08. The van der Waals surface area contributed by atoms with E-state index in [0.29, 0.717) is 13.1 Å². The minimum atomic E-state index is 0. The van der Waals surface area contributed by atoms with Gasteiger partial charge in [-0.1, -0.05) is 24.3 Å². The predicted molar refractivity (Wildman–Crippen MR) is 111 cm³/mol. The van der Waals surface area contributed by atoms with Crippen molar-refractivity contribution in [3.63, 3.8) is 0 Å². The molecule has 2 heterocycles. The number of nitrogens with zero attached hydrogens (tertiary/aromatic N) is 6. The van der Waals surface area contributed by atoms with Crippen molar-refractivity contribution in [1.29, 1.82) is 0 Å². The van der Waals surface area contributed by atoms with Gasteiger partial charge in [-0.25, -0.2) is 0 Å². The van der Waals surface area contributed by atoms with Crippen molar-refractivity contribution in [2.75, 3.05) is 7.05 Å². The van der Waals surface area contributed by atoms with Crippen LogP contribution in [0.5, 0.6) is 0 Å². The van der Waals surface area contributed by atoms with Gasteiger partial charge in [0.05, 0.1) is 13.1 Å². The molecule has 0 unspecified atom stereocenters. The molecule has 0 aliphatic carbocycles. The number of aromatic nitrogens is 5. The summed E-state index contributed by atoms with van der Waals surface area (Å²) in [4.78, 5) is 4.26. The number of hydrogen-bond donors (Lipinski definition) is 2. The van der Waals surface area contributed by atoms with Crippen LogP contribution < -0.4 is 10.6 Å². The number of hydrogen-bond acceptors (Lipinski definition) is 4. The number of halogens is 1. The Balaban J connectivity index is 0.00000243. The normalized spacial score (nSPS) is 11.1. The molecule has 8 nitrogen and oxygen atoms in total. The average Bonchev–Trinajstić information content (AvgIpc) is 3.28. The van der Waals surface area contributed by atoms with Gasteiger partial charge in [-0.2, -0.15) is 5.10 Å². The lowest BCUT2D eigenvalue weighted by Gasteiger charge is -2.14. The van der Waals surface area contributed by atoms with E-state index >= 15 is 0 Å². The van der Waals surface area contributed by atoms with Gasteiger partial charge in [0.2, 0.25) is 0 Å². The average molecular weight is 466 g/mol. The topological polar surface area (TPSA) is 84.9 Å². The summed E-state index contributed by atoms with van der Waals surface area (Å²) in [6.45, 7) is 1.98. The largest absolute Gasteiger partial charge is 0.352 e. The van der Waals surface area contributed by atoms with E-state index < -0.39 is 0 Å². The monoisotopic (exact) mass is 466 g/mol. The van der Waals surface area contributed by atoms with Crippen LogP contribution in [0.1, 0.15) is 17.0 Å². The van der Waals surface area contributed by atoms with E-state index in [4.69, 9.17) is 0 Å². The third-order valence-electron chi connectivity index (χ3n) is 3.90. The van der Waals surface area contributed by atoms with Gasteiger partial charge in [-0.15, -0.1) is 34.2 Å². The molecule has 0 spiro atoms. The molecule has 3 aromatic rings. The molecule has 0 fully saturated rings. The van der Waals surface area contributed by atoms with Crippen molar-refractivity contribution < 1.29 is 0 Å². The summed E-state index contributed by atoms with van der Waals surface area (Å²) < 4.78 is 3.79. The van der Waals surface area contributed by atoms with Crippen LogP contribution in [0.15, 0.2) is 54.0 Å². The highest BCUT2D eigenvalue weighted by Gasteiger charge is 2.06. The van der Waals surface area contributed by atoms with E-state index in [2.05, 4.69) is 43.1 Å². The molecule has 138 valence electrons. The van der Waals surface area contributed by atoms with Crippen molar-refractivity contribution in [3.8, 4) is 0 Å². The lowest BCUT2D eigenvalue weighted by molar-refractivity contribution is 0.676. The number of aryl methyl sites for hydroxylation is 1. The Bertz CT molecular complexity index is 825. The van der Waals surface area contributed by atoms with Crippen molar-refractivity contribution >= 4 is 29.9 Å². The fraction of sp³-hybridized carbons (Fsp3) is 0.294. The van der Waals surface area contributed by atoms with Crippen molar-refractivity contribution in [1.82, 2.24) is 35.2 Å². The van der Waals surface area contributed by atoms with E-state index in [-0.39, 0.29) is 24.0 Å². The second-order valence-corrected chi connectivity index (χ2v) is 5.61. The van der Waals surface area contributed by atoms with Crippen molar-refractivity contribution in [2.24, 2.45) is 12.0 Å². The third kappa shape index (κ3) is 5.28. The van der Waals surface area contributed by atoms with Crippen LogP contribution in [0.25, 0.3) is 0 Å². The first-order valence-electron chi connectivity index (χ1n) is 8.08. The Morgan fingerprint density at radius 2 is 1.88 bits per heavy atom. The molecule has 0 saturated heterocycles. The van der Waals surface area contributed by atoms with Crippen molar-refractivity contribution in [3.05, 3.63) is 66.0 Å². The number of rotatable bonds is 6. The summed E-state index contributed by atoms with van der Waals surface area (Å²) in [5.41, 5.74) is 2.43. The molecule has 0 radical (unpaired) electrons. The van der Waals surface area contributed by atoms with Crippen LogP contribution in [0.4, 0.5) is 0 Å². The zero-order valence-electron chi connectivity index (χ0n) is 14.8. The quantitative estimate of drug-likeness (QED) is 0.327. The number of nitrogens with one attached hydrogen (secondary N) is 2. The highest BCUT2D eigenvalue weighted by molar-refractivity contribution is 14.0. The molecule has 1 aromatic carbocycles. The maximum absolute atomic E-state index is 4.28. The minimum Gasteiger partial charge on any atom is -0.352 e. The molecule has 2 aromatic heterocycles.